The van der Waals surface area contributed by atoms with Gasteiger partial charge in [-0.1, -0.05) is 6.07 Å². The van der Waals surface area contributed by atoms with Crippen molar-refractivity contribution in [3.63, 3.8) is 0 Å². The number of alkyl halides is 3. The van der Waals surface area contributed by atoms with Crippen LogP contribution in [0.2, 0.25) is 0 Å². The topological polar surface area (TPSA) is 75.4 Å². The van der Waals surface area contributed by atoms with Crippen molar-refractivity contribution in [3.05, 3.63) is 47.3 Å². The molecule has 6 nitrogen and oxygen atoms in total. The Morgan fingerprint density at radius 1 is 1.26 bits per heavy atom. The molecule has 1 atom stereocenters. The van der Waals surface area contributed by atoms with Crippen molar-refractivity contribution in [2.45, 2.75) is 25.9 Å². The zero-order chi connectivity index (χ0) is 19.8. The van der Waals surface area contributed by atoms with Gasteiger partial charge in [0.05, 0.1) is 17.2 Å². The lowest BCUT2D eigenvalue weighted by molar-refractivity contribution is -0.143. The zero-order valence-electron chi connectivity index (χ0n) is 14.5. The fraction of sp³-hybridized carbons (Fsp3) is 0.389. The second kappa shape index (κ2) is 7.05. The number of carboxylic acids is 1. The number of likely N-dealkylation sites (tertiary alicyclic amines) is 1. The summed E-state index contributed by atoms with van der Waals surface area (Å²) in [5, 5.41) is 13.3. The summed E-state index contributed by atoms with van der Waals surface area (Å²) < 4.78 is 40.1. The van der Waals surface area contributed by atoms with Crippen LogP contribution in [-0.2, 0) is 11.0 Å². The van der Waals surface area contributed by atoms with Gasteiger partial charge < -0.3 is 10.0 Å². The number of amides is 1. The SMILES string of the molecule is Cc1cc(C(=O)N2CCCC(C(=O)O)C2)nn1-c1cccc(C(F)(F)F)c1. The normalized spacial score (nSPS) is 17.8. The number of aromatic nitrogens is 2. The molecule has 1 saturated heterocycles. The van der Waals surface area contributed by atoms with Crippen LogP contribution in [0.25, 0.3) is 5.69 Å². The number of aryl methyl sites for hydroxylation is 1. The largest absolute Gasteiger partial charge is 0.481 e. The first-order valence-corrected chi connectivity index (χ1v) is 8.43. The van der Waals surface area contributed by atoms with Gasteiger partial charge in [-0.2, -0.15) is 18.3 Å². The molecule has 1 aromatic heterocycles. The molecule has 1 amide bonds. The number of hydrogen-bond acceptors (Lipinski definition) is 3. The highest BCUT2D eigenvalue weighted by Gasteiger charge is 2.32. The molecule has 9 heteroatoms. The molecular weight excluding hydrogens is 363 g/mol. The molecule has 27 heavy (non-hydrogen) atoms. The molecule has 2 heterocycles. The van der Waals surface area contributed by atoms with Crippen molar-refractivity contribution in [2.75, 3.05) is 13.1 Å². The van der Waals surface area contributed by atoms with Gasteiger partial charge in [-0.25, -0.2) is 4.68 Å². The highest BCUT2D eigenvalue weighted by molar-refractivity contribution is 5.93. The van der Waals surface area contributed by atoms with Gasteiger partial charge in [0.2, 0.25) is 0 Å². The van der Waals surface area contributed by atoms with Crippen LogP contribution in [0.3, 0.4) is 0 Å². The highest BCUT2D eigenvalue weighted by atomic mass is 19.4. The zero-order valence-corrected chi connectivity index (χ0v) is 14.5. The van der Waals surface area contributed by atoms with Gasteiger partial charge in [-0.05, 0) is 44.0 Å². The van der Waals surface area contributed by atoms with Crippen molar-refractivity contribution < 1.29 is 27.9 Å². The number of carbonyl (C=O) groups is 2. The third-order valence-corrected chi connectivity index (χ3v) is 4.58. The summed E-state index contributed by atoms with van der Waals surface area (Å²) in [6.45, 7) is 2.17. The summed E-state index contributed by atoms with van der Waals surface area (Å²) in [4.78, 5) is 25.3. The quantitative estimate of drug-likeness (QED) is 0.886. The van der Waals surface area contributed by atoms with Gasteiger partial charge in [0.15, 0.2) is 5.69 Å². The van der Waals surface area contributed by atoms with E-state index in [0.717, 1.165) is 12.1 Å². The van der Waals surface area contributed by atoms with Crippen LogP contribution in [0.4, 0.5) is 13.2 Å². The number of nitrogens with zero attached hydrogens (tertiary/aromatic N) is 3. The summed E-state index contributed by atoms with van der Waals surface area (Å²) in [5.41, 5.74) is -0.0213. The van der Waals surface area contributed by atoms with Gasteiger partial charge in [-0.15, -0.1) is 0 Å². The average Bonchev–Trinajstić information content (AvgIpc) is 3.02. The maximum atomic E-state index is 12.9. The number of benzene rings is 1. The summed E-state index contributed by atoms with van der Waals surface area (Å²) >= 11 is 0. The number of rotatable bonds is 3. The van der Waals surface area contributed by atoms with Crippen LogP contribution in [0, 0.1) is 12.8 Å². The lowest BCUT2D eigenvalue weighted by Crippen LogP contribution is -2.42. The average molecular weight is 381 g/mol. The third-order valence-electron chi connectivity index (χ3n) is 4.58. The molecule has 1 fully saturated rings. The maximum Gasteiger partial charge on any atom is 0.416 e. The molecule has 1 N–H and O–H groups in total. The Morgan fingerprint density at radius 2 is 2.00 bits per heavy atom. The maximum absolute atomic E-state index is 12.9. The molecule has 0 bridgehead atoms. The molecule has 0 saturated carbocycles. The smallest absolute Gasteiger partial charge is 0.416 e. The van der Waals surface area contributed by atoms with E-state index in [2.05, 4.69) is 5.10 Å². The number of carboxylic acid groups (broad SMARTS) is 1. The molecule has 1 aliphatic rings. The van der Waals surface area contributed by atoms with Gasteiger partial charge in [0.1, 0.15) is 0 Å². The number of piperidine rings is 1. The Hall–Kier alpha value is -2.84. The summed E-state index contributed by atoms with van der Waals surface area (Å²) in [5.74, 6) is -1.98. The van der Waals surface area contributed by atoms with E-state index in [1.807, 2.05) is 0 Å². The third kappa shape index (κ3) is 3.96. The van der Waals surface area contributed by atoms with Gasteiger partial charge in [-0.3, -0.25) is 9.59 Å². The first kappa shape index (κ1) is 18.9. The predicted molar refractivity (Wildman–Crippen MR) is 89.6 cm³/mol. The molecule has 0 radical (unpaired) electrons. The Morgan fingerprint density at radius 3 is 2.67 bits per heavy atom. The number of halogens is 3. The van der Waals surface area contributed by atoms with E-state index in [9.17, 15) is 22.8 Å². The first-order valence-electron chi connectivity index (χ1n) is 8.43. The predicted octanol–water partition coefficient (Wildman–Crippen LogP) is 3.14. The van der Waals surface area contributed by atoms with Crippen molar-refractivity contribution in [1.82, 2.24) is 14.7 Å². The molecule has 2 aromatic rings. The fourth-order valence-corrected chi connectivity index (χ4v) is 3.18. The van der Waals surface area contributed by atoms with E-state index in [1.165, 1.54) is 27.8 Å². The molecule has 0 aliphatic carbocycles. The van der Waals surface area contributed by atoms with Gasteiger partial charge in [0.25, 0.3) is 5.91 Å². The van der Waals surface area contributed by atoms with Gasteiger partial charge in [0, 0.05) is 18.8 Å². The number of hydrogen-bond donors (Lipinski definition) is 1. The monoisotopic (exact) mass is 381 g/mol. The molecule has 0 spiro atoms. The Labute approximate surface area is 153 Å². The minimum absolute atomic E-state index is 0.0796. The highest BCUT2D eigenvalue weighted by Crippen LogP contribution is 2.30. The lowest BCUT2D eigenvalue weighted by Gasteiger charge is -2.30. The fourth-order valence-electron chi connectivity index (χ4n) is 3.18. The van der Waals surface area contributed by atoms with Crippen LogP contribution in [0.15, 0.2) is 30.3 Å². The van der Waals surface area contributed by atoms with Crippen molar-refractivity contribution in [1.29, 1.82) is 0 Å². The molecule has 1 aliphatic heterocycles. The molecule has 144 valence electrons. The van der Waals surface area contributed by atoms with Crippen molar-refractivity contribution in [3.8, 4) is 5.69 Å². The van der Waals surface area contributed by atoms with Crippen molar-refractivity contribution in [2.24, 2.45) is 5.92 Å². The van der Waals surface area contributed by atoms with E-state index in [4.69, 9.17) is 5.11 Å². The Bertz CT molecular complexity index is 876. The lowest BCUT2D eigenvalue weighted by atomic mass is 9.98. The summed E-state index contributed by atoms with van der Waals surface area (Å²) in [6, 6.07) is 6.18. The molecular formula is C18H18F3N3O3. The van der Waals surface area contributed by atoms with Crippen LogP contribution in [-0.4, -0.2) is 44.8 Å². The number of carbonyl (C=O) groups excluding carboxylic acids is 1. The number of aliphatic carboxylic acids is 1. The van der Waals surface area contributed by atoms with E-state index in [-0.39, 0.29) is 17.9 Å². The molecule has 3 rings (SSSR count). The van der Waals surface area contributed by atoms with Crippen LogP contribution in [0.5, 0.6) is 0 Å². The standard InChI is InChI=1S/C18H18F3N3O3/c1-11-8-15(16(25)23-7-3-4-12(10-23)17(26)27)22-24(11)14-6-2-5-13(9-14)18(19,20)21/h2,5-6,8-9,12H,3-4,7,10H2,1H3,(H,26,27). The van der Waals surface area contributed by atoms with Gasteiger partial charge >= 0.3 is 12.1 Å². The van der Waals surface area contributed by atoms with Crippen LogP contribution < -0.4 is 0 Å². The van der Waals surface area contributed by atoms with E-state index < -0.39 is 29.5 Å². The van der Waals surface area contributed by atoms with Crippen LogP contribution in [0.1, 0.15) is 34.6 Å². The summed E-state index contributed by atoms with van der Waals surface area (Å²) in [7, 11) is 0. The Kier molecular flexibility index (Phi) is 4.95. The Balaban J connectivity index is 1.86. The summed E-state index contributed by atoms with van der Waals surface area (Å²) in [6.07, 6.45) is -3.39. The minimum atomic E-state index is -4.48. The second-order valence-electron chi connectivity index (χ2n) is 6.56. The molecule has 1 unspecified atom stereocenters. The minimum Gasteiger partial charge on any atom is -0.481 e. The molecule has 1 aromatic carbocycles. The van der Waals surface area contributed by atoms with Crippen LogP contribution >= 0.6 is 0 Å². The van der Waals surface area contributed by atoms with E-state index >= 15 is 0 Å². The first-order chi connectivity index (χ1) is 12.7. The van der Waals surface area contributed by atoms with E-state index in [1.54, 1.807) is 6.92 Å². The van der Waals surface area contributed by atoms with E-state index in [0.29, 0.717) is 25.1 Å². The second-order valence-corrected chi connectivity index (χ2v) is 6.56. The van der Waals surface area contributed by atoms with Crippen molar-refractivity contribution >= 4 is 11.9 Å².